The van der Waals surface area contributed by atoms with Crippen LogP contribution in [-0.4, -0.2) is 11.8 Å². The van der Waals surface area contributed by atoms with Crippen molar-refractivity contribution < 1.29 is 44.3 Å². The van der Waals surface area contributed by atoms with Crippen molar-refractivity contribution in [2.75, 3.05) is 0 Å². The van der Waals surface area contributed by atoms with E-state index in [2.05, 4.69) is 0 Å². The van der Waals surface area contributed by atoms with Crippen molar-refractivity contribution in [1.29, 1.82) is 0 Å². The molecule has 0 bridgehead atoms. The van der Waals surface area contributed by atoms with E-state index in [-0.39, 0.29) is 36.0 Å². The van der Waals surface area contributed by atoms with Crippen molar-refractivity contribution in [2.24, 2.45) is 0 Å². The fourth-order valence-corrected chi connectivity index (χ4v) is 2.54. The first-order valence-corrected chi connectivity index (χ1v) is 8.88. The van der Waals surface area contributed by atoms with E-state index in [1.807, 2.05) is 6.92 Å². The minimum Gasteiger partial charge on any atom is -0.550 e. The molecule has 0 saturated heterocycles. The predicted molar refractivity (Wildman–Crippen MR) is 84.9 cm³/mol. The van der Waals surface area contributed by atoms with E-state index in [0.717, 1.165) is 32.1 Å². The van der Waals surface area contributed by atoms with Gasteiger partial charge in [0.05, 0.1) is 0 Å². The molecule has 0 rings (SSSR count). The minimum absolute atomic E-state index is 0. The molecule has 0 atom stereocenters. The van der Waals surface area contributed by atoms with Crippen LogP contribution in [0.25, 0.3) is 0 Å². The van der Waals surface area contributed by atoms with Gasteiger partial charge in [-0.15, -0.1) is 0 Å². The van der Waals surface area contributed by atoms with Crippen LogP contribution >= 0.6 is 0 Å². The molecule has 0 fully saturated rings. The molecule has 4 heteroatoms. The van der Waals surface area contributed by atoms with E-state index < -0.39 is 5.97 Å². The van der Waals surface area contributed by atoms with Gasteiger partial charge in [-0.1, -0.05) is 71.1 Å². The van der Waals surface area contributed by atoms with E-state index in [0.29, 0.717) is 12.2 Å². The number of rotatable bonds is 16. The number of unbranched alkanes of at least 4 members (excludes halogenated alkanes) is 11. The van der Waals surface area contributed by atoms with Gasteiger partial charge in [0.1, 0.15) is 5.78 Å². The molecule has 0 aliphatic rings. The van der Waals surface area contributed by atoms with E-state index in [1.165, 1.54) is 51.4 Å². The smallest absolute Gasteiger partial charge is 0.550 e. The maximum Gasteiger partial charge on any atom is 1.00 e. The number of carbonyl (C=O) groups excluding carboxylic acids is 2. The van der Waals surface area contributed by atoms with Crippen LogP contribution in [0.3, 0.4) is 0 Å². The molecule has 0 saturated carbocycles. The predicted octanol–water partition coefficient (Wildman–Crippen LogP) is 1.18. The summed E-state index contributed by atoms with van der Waals surface area (Å²) in [6.07, 6.45) is 15.9. The number of carbonyl (C=O) groups is 2. The maximum atomic E-state index is 11.1. The topological polar surface area (TPSA) is 57.2 Å². The Labute approximate surface area is 158 Å². The van der Waals surface area contributed by atoms with E-state index in [4.69, 9.17) is 0 Å². The summed E-state index contributed by atoms with van der Waals surface area (Å²) < 4.78 is 0. The van der Waals surface area contributed by atoms with Gasteiger partial charge in [0.2, 0.25) is 0 Å². The monoisotopic (exact) mass is 320 g/mol. The summed E-state index contributed by atoms with van der Waals surface area (Å²) in [7, 11) is 0. The zero-order valence-corrected chi connectivity index (χ0v) is 16.8. The van der Waals surface area contributed by atoms with E-state index in [9.17, 15) is 14.7 Å². The van der Waals surface area contributed by atoms with Crippen LogP contribution in [-0.2, 0) is 9.59 Å². The molecule has 124 valence electrons. The van der Waals surface area contributed by atoms with E-state index >= 15 is 0 Å². The molecule has 0 amide bonds. The summed E-state index contributed by atoms with van der Waals surface area (Å²) in [4.78, 5) is 21.3. The van der Waals surface area contributed by atoms with Gasteiger partial charge in [0, 0.05) is 18.8 Å². The molecule has 0 radical (unpaired) electrons. The average molecular weight is 320 g/mol. The Morgan fingerprint density at radius 3 is 1.27 bits per heavy atom. The molecule has 0 aromatic carbocycles. The van der Waals surface area contributed by atoms with Crippen LogP contribution < -0.4 is 34.7 Å². The van der Waals surface area contributed by atoms with Crippen LogP contribution in [0.5, 0.6) is 0 Å². The molecule has 0 aromatic heterocycles. The molecule has 0 aliphatic carbocycles. The molecular formula is C18H33NaO3. The summed E-state index contributed by atoms with van der Waals surface area (Å²) in [6.45, 7) is 1.94. The normalized spacial score (nSPS) is 10.2. The van der Waals surface area contributed by atoms with Crippen LogP contribution in [0.15, 0.2) is 0 Å². The quantitative estimate of drug-likeness (QED) is 0.317. The van der Waals surface area contributed by atoms with Gasteiger partial charge in [-0.05, 0) is 19.3 Å². The fraction of sp³-hybridized carbons (Fsp3) is 0.889. The van der Waals surface area contributed by atoms with Gasteiger partial charge < -0.3 is 9.90 Å². The molecule has 0 aromatic rings. The second-order valence-electron chi connectivity index (χ2n) is 6.01. The van der Waals surface area contributed by atoms with Crippen molar-refractivity contribution >= 4 is 11.8 Å². The Morgan fingerprint density at radius 1 is 0.636 bits per heavy atom. The Morgan fingerprint density at radius 2 is 0.955 bits per heavy atom. The standard InChI is InChI=1S/C18H34O3.Na/c1-2-17(19)15-13-11-9-7-5-3-4-6-8-10-12-14-16-18(20)21;/h2-16H2,1H3,(H,20,21);/q;+1/p-1. The van der Waals surface area contributed by atoms with Crippen LogP contribution in [0.2, 0.25) is 0 Å². The van der Waals surface area contributed by atoms with Gasteiger partial charge in [-0.3, -0.25) is 4.79 Å². The van der Waals surface area contributed by atoms with Gasteiger partial charge in [0.25, 0.3) is 0 Å². The van der Waals surface area contributed by atoms with Crippen molar-refractivity contribution in [3.8, 4) is 0 Å². The largest absolute Gasteiger partial charge is 1.00 e. The Kier molecular flexibility index (Phi) is 21.3. The SMILES string of the molecule is CCC(=O)CCCCCCCCCCCCCCC(=O)[O-].[Na+]. The van der Waals surface area contributed by atoms with Crippen molar-refractivity contribution in [3.63, 3.8) is 0 Å². The van der Waals surface area contributed by atoms with Gasteiger partial charge >= 0.3 is 29.6 Å². The van der Waals surface area contributed by atoms with Crippen molar-refractivity contribution in [3.05, 3.63) is 0 Å². The first kappa shape index (κ1) is 24.4. The number of carboxylic acids is 1. The Bertz CT molecular complexity index is 267. The number of carboxylic acid groups (broad SMARTS) is 1. The molecule has 0 aliphatic heterocycles. The van der Waals surface area contributed by atoms with E-state index in [1.54, 1.807) is 0 Å². The Balaban J connectivity index is 0. The molecule has 0 spiro atoms. The van der Waals surface area contributed by atoms with Crippen LogP contribution in [0.4, 0.5) is 0 Å². The second-order valence-corrected chi connectivity index (χ2v) is 6.01. The maximum absolute atomic E-state index is 11.1. The third-order valence-electron chi connectivity index (χ3n) is 3.98. The zero-order valence-electron chi connectivity index (χ0n) is 14.8. The summed E-state index contributed by atoms with van der Waals surface area (Å²) in [5.41, 5.74) is 0. The summed E-state index contributed by atoms with van der Waals surface area (Å²) in [6, 6.07) is 0. The fourth-order valence-electron chi connectivity index (χ4n) is 2.54. The number of hydrogen-bond donors (Lipinski definition) is 0. The molecule has 3 nitrogen and oxygen atoms in total. The first-order chi connectivity index (χ1) is 10.2. The summed E-state index contributed by atoms with van der Waals surface area (Å²) >= 11 is 0. The molecule has 0 unspecified atom stereocenters. The van der Waals surface area contributed by atoms with Crippen molar-refractivity contribution in [1.82, 2.24) is 0 Å². The third kappa shape index (κ3) is 20.1. The summed E-state index contributed by atoms with van der Waals surface area (Å²) in [5.74, 6) is -0.524. The van der Waals surface area contributed by atoms with Crippen LogP contribution in [0.1, 0.15) is 103 Å². The number of ketones is 1. The Hall–Kier alpha value is 0.140. The van der Waals surface area contributed by atoms with Gasteiger partial charge in [0.15, 0.2) is 0 Å². The van der Waals surface area contributed by atoms with Gasteiger partial charge in [-0.2, -0.15) is 0 Å². The van der Waals surface area contributed by atoms with Gasteiger partial charge in [-0.25, -0.2) is 0 Å². The van der Waals surface area contributed by atoms with Crippen LogP contribution in [0, 0.1) is 0 Å². The zero-order chi connectivity index (χ0) is 15.8. The minimum atomic E-state index is -0.922. The molecule has 0 heterocycles. The first-order valence-electron chi connectivity index (χ1n) is 8.88. The number of hydrogen-bond acceptors (Lipinski definition) is 3. The third-order valence-corrected chi connectivity index (χ3v) is 3.98. The number of aliphatic carboxylic acids is 1. The second kappa shape index (κ2) is 19.2. The molecule has 22 heavy (non-hydrogen) atoms. The molecular weight excluding hydrogens is 287 g/mol. The summed E-state index contributed by atoms with van der Waals surface area (Å²) in [5, 5.41) is 10.2. The number of Topliss-reactive ketones (excluding diaryl/α,β-unsaturated/α-hetero) is 1. The average Bonchev–Trinajstić information content (AvgIpc) is 2.46. The molecule has 0 N–H and O–H groups in total. The van der Waals surface area contributed by atoms with Crippen molar-refractivity contribution in [2.45, 2.75) is 103 Å².